The summed E-state index contributed by atoms with van der Waals surface area (Å²) in [6.07, 6.45) is 1.20. The summed E-state index contributed by atoms with van der Waals surface area (Å²) in [6, 6.07) is 7.78. The van der Waals surface area contributed by atoms with Crippen molar-refractivity contribution in [2.45, 2.75) is 52.8 Å². The smallest absolute Gasteiger partial charge is 0.329 e. The molecule has 0 spiro atoms. The summed E-state index contributed by atoms with van der Waals surface area (Å²) in [4.78, 5) is 27.6. The first kappa shape index (κ1) is 21.6. The van der Waals surface area contributed by atoms with Gasteiger partial charge in [-0.1, -0.05) is 32.9 Å². The number of fused-ring (bicyclic) bond motifs is 1. The number of ether oxygens (including phenoxy) is 1. The van der Waals surface area contributed by atoms with Crippen LogP contribution in [-0.2, 0) is 22.6 Å². The lowest BCUT2D eigenvalue weighted by atomic mass is 10.2. The molecular weight excluding hydrogens is 368 g/mol. The van der Waals surface area contributed by atoms with E-state index in [1.54, 1.807) is 9.13 Å². The summed E-state index contributed by atoms with van der Waals surface area (Å²) >= 11 is 0. The third-order valence-electron chi connectivity index (χ3n) is 5.31. The highest BCUT2D eigenvalue weighted by atomic mass is 16.5. The largest absolute Gasteiger partial charge is 0.374 e. The molecule has 0 bridgehead atoms. The van der Waals surface area contributed by atoms with Crippen molar-refractivity contribution in [2.75, 3.05) is 32.8 Å². The molecule has 2 heterocycles. The SMILES string of the molecule is CCCn1c(=O)n(CCC(=O)NCC2CN(CC(C)C)CCO2)c2ccccc21. The van der Waals surface area contributed by atoms with E-state index < -0.39 is 0 Å². The van der Waals surface area contributed by atoms with Crippen LogP contribution < -0.4 is 11.0 Å². The quantitative estimate of drug-likeness (QED) is 0.697. The Hall–Kier alpha value is -2.12. The van der Waals surface area contributed by atoms with Gasteiger partial charge in [0, 0.05) is 45.7 Å². The molecular formula is C22H34N4O3. The summed E-state index contributed by atoms with van der Waals surface area (Å²) in [5.41, 5.74) is 1.78. The molecule has 29 heavy (non-hydrogen) atoms. The minimum absolute atomic E-state index is 0.0284. The van der Waals surface area contributed by atoms with Crippen LogP contribution in [0, 0.1) is 5.92 Å². The van der Waals surface area contributed by atoms with Gasteiger partial charge in [0.05, 0.1) is 23.7 Å². The summed E-state index contributed by atoms with van der Waals surface area (Å²) in [5, 5.41) is 2.98. The van der Waals surface area contributed by atoms with E-state index in [1.807, 2.05) is 24.3 Å². The van der Waals surface area contributed by atoms with Gasteiger partial charge in [0.25, 0.3) is 0 Å². The summed E-state index contributed by atoms with van der Waals surface area (Å²) < 4.78 is 9.31. The highest BCUT2D eigenvalue weighted by Crippen LogP contribution is 2.13. The molecule has 1 unspecified atom stereocenters. The molecule has 2 aromatic rings. The molecule has 1 fully saturated rings. The third-order valence-corrected chi connectivity index (χ3v) is 5.31. The number of morpholine rings is 1. The fraction of sp³-hybridized carbons (Fsp3) is 0.636. The zero-order valence-corrected chi connectivity index (χ0v) is 17.9. The van der Waals surface area contributed by atoms with Crippen LogP contribution in [0.2, 0.25) is 0 Å². The molecule has 1 aromatic carbocycles. The fourth-order valence-electron chi connectivity index (χ4n) is 4.04. The molecule has 1 aliphatic rings. The van der Waals surface area contributed by atoms with Crippen molar-refractivity contribution < 1.29 is 9.53 Å². The zero-order chi connectivity index (χ0) is 20.8. The lowest BCUT2D eigenvalue weighted by molar-refractivity contribution is -0.122. The van der Waals surface area contributed by atoms with Gasteiger partial charge in [-0.05, 0) is 24.5 Å². The second-order valence-corrected chi connectivity index (χ2v) is 8.27. The molecule has 1 aromatic heterocycles. The first-order valence-electron chi connectivity index (χ1n) is 10.8. The molecule has 7 nitrogen and oxygen atoms in total. The molecule has 0 aliphatic carbocycles. The Labute approximate surface area is 172 Å². The molecule has 1 amide bonds. The second-order valence-electron chi connectivity index (χ2n) is 8.27. The number of nitrogens with one attached hydrogen (secondary N) is 1. The summed E-state index contributed by atoms with van der Waals surface area (Å²) in [5.74, 6) is 0.574. The van der Waals surface area contributed by atoms with Gasteiger partial charge in [0.15, 0.2) is 0 Å². The van der Waals surface area contributed by atoms with Crippen LogP contribution >= 0.6 is 0 Å². The van der Waals surface area contributed by atoms with Crippen molar-refractivity contribution in [1.82, 2.24) is 19.4 Å². The number of amides is 1. The number of benzene rings is 1. The van der Waals surface area contributed by atoms with Crippen LogP contribution in [0.5, 0.6) is 0 Å². The highest BCUT2D eigenvalue weighted by Gasteiger charge is 2.21. The molecule has 3 rings (SSSR count). The number of carbonyl (C=O) groups excluding carboxylic acids is 1. The van der Waals surface area contributed by atoms with E-state index in [9.17, 15) is 9.59 Å². The molecule has 0 saturated carbocycles. The lowest BCUT2D eigenvalue weighted by Crippen LogP contribution is -2.48. The van der Waals surface area contributed by atoms with Crippen molar-refractivity contribution in [3.8, 4) is 0 Å². The average Bonchev–Trinajstić information content (AvgIpc) is 2.96. The van der Waals surface area contributed by atoms with Crippen molar-refractivity contribution >= 4 is 16.9 Å². The van der Waals surface area contributed by atoms with Crippen molar-refractivity contribution in [2.24, 2.45) is 5.92 Å². The Balaban J connectivity index is 1.55. The highest BCUT2D eigenvalue weighted by molar-refractivity contribution is 5.78. The number of aromatic nitrogens is 2. The number of para-hydroxylation sites is 2. The van der Waals surface area contributed by atoms with Gasteiger partial charge < -0.3 is 10.1 Å². The minimum Gasteiger partial charge on any atom is -0.374 e. The molecule has 160 valence electrons. The second kappa shape index (κ2) is 10.1. The number of hydrogen-bond donors (Lipinski definition) is 1. The number of rotatable bonds is 9. The van der Waals surface area contributed by atoms with Gasteiger partial charge in [-0.25, -0.2) is 4.79 Å². The third kappa shape index (κ3) is 5.48. The first-order chi connectivity index (χ1) is 14.0. The van der Waals surface area contributed by atoms with Crippen molar-refractivity contribution in [1.29, 1.82) is 0 Å². The van der Waals surface area contributed by atoms with E-state index in [4.69, 9.17) is 4.74 Å². The Morgan fingerprint density at radius 1 is 1.21 bits per heavy atom. The average molecular weight is 403 g/mol. The lowest BCUT2D eigenvalue weighted by Gasteiger charge is -2.33. The molecule has 0 radical (unpaired) electrons. The standard InChI is InChI=1S/C22H34N4O3/c1-4-10-25-19-7-5-6-8-20(19)26(22(25)28)11-9-21(27)23-14-18-16-24(12-13-29-18)15-17(2)3/h5-8,17-18H,4,9-16H2,1-3H3,(H,23,27). The number of imidazole rings is 1. The number of nitrogens with zero attached hydrogens (tertiary/aromatic N) is 3. The van der Waals surface area contributed by atoms with E-state index in [2.05, 4.69) is 31.0 Å². The molecule has 1 atom stereocenters. The van der Waals surface area contributed by atoms with Gasteiger partial charge in [-0.15, -0.1) is 0 Å². The molecule has 1 aliphatic heterocycles. The van der Waals surface area contributed by atoms with E-state index in [0.29, 0.717) is 32.2 Å². The van der Waals surface area contributed by atoms with Crippen LogP contribution in [-0.4, -0.2) is 58.8 Å². The summed E-state index contributed by atoms with van der Waals surface area (Å²) in [7, 11) is 0. The predicted octanol–water partition coefficient (Wildman–Crippen LogP) is 2.08. The Morgan fingerprint density at radius 2 is 1.90 bits per heavy atom. The first-order valence-corrected chi connectivity index (χ1v) is 10.8. The number of aryl methyl sites for hydroxylation is 2. The van der Waals surface area contributed by atoms with Gasteiger partial charge >= 0.3 is 5.69 Å². The maximum Gasteiger partial charge on any atom is 0.329 e. The van der Waals surface area contributed by atoms with E-state index >= 15 is 0 Å². The Morgan fingerprint density at radius 3 is 2.55 bits per heavy atom. The van der Waals surface area contributed by atoms with Crippen LogP contribution in [0.1, 0.15) is 33.6 Å². The zero-order valence-electron chi connectivity index (χ0n) is 17.9. The van der Waals surface area contributed by atoms with E-state index in [0.717, 1.165) is 37.1 Å². The maximum atomic E-state index is 12.8. The molecule has 1 N–H and O–H groups in total. The van der Waals surface area contributed by atoms with Gasteiger partial charge in [0.1, 0.15) is 0 Å². The van der Waals surface area contributed by atoms with Crippen LogP contribution in [0.3, 0.4) is 0 Å². The molecule has 7 heteroatoms. The summed E-state index contributed by atoms with van der Waals surface area (Å²) in [6.45, 7) is 11.6. The number of carbonyl (C=O) groups is 1. The van der Waals surface area contributed by atoms with E-state index in [1.165, 1.54) is 0 Å². The van der Waals surface area contributed by atoms with Crippen molar-refractivity contribution in [3.05, 3.63) is 34.7 Å². The fourth-order valence-corrected chi connectivity index (χ4v) is 4.04. The number of hydrogen-bond acceptors (Lipinski definition) is 4. The normalized spacial score (nSPS) is 17.9. The Bertz CT molecular complexity index is 871. The predicted molar refractivity (Wildman–Crippen MR) is 115 cm³/mol. The van der Waals surface area contributed by atoms with Gasteiger partial charge in [-0.2, -0.15) is 0 Å². The van der Waals surface area contributed by atoms with Crippen LogP contribution in [0.15, 0.2) is 29.1 Å². The van der Waals surface area contributed by atoms with Gasteiger partial charge in [-0.3, -0.25) is 18.8 Å². The van der Waals surface area contributed by atoms with Crippen molar-refractivity contribution in [3.63, 3.8) is 0 Å². The van der Waals surface area contributed by atoms with E-state index in [-0.39, 0.29) is 24.1 Å². The minimum atomic E-state index is -0.0474. The maximum absolute atomic E-state index is 12.8. The monoisotopic (exact) mass is 402 g/mol. The van der Waals surface area contributed by atoms with Crippen LogP contribution in [0.4, 0.5) is 0 Å². The Kier molecular flexibility index (Phi) is 7.50. The van der Waals surface area contributed by atoms with Gasteiger partial charge in [0.2, 0.25) is 5.91 Å². The molecule has 1 saturated heterocycles. The van der Waals surface area contributed by atoms with Crippen LogP contribution in [0.25, 0.3) is 11.0 Å². The topological polar surface area (TPSA) is 68.5 Å².